The molecule has 0 aromatic heterocycles. The van der Waals surface area contributed by atoms with Crippen LogP contribution in [0, 0.1) is 16.0 Å². The first-order chi connectivity index (χ1) is 11.6. The molecule has 0 saturated carbocycles. The molecule has 2 saturated heterocycles. The van der Waals surface area contributed by atoms with Gasteiger partial charge in [0.25, 0.3) is 5.91 Å². The molecule has 1 unspecified atom stereocenters. The van der Waals surface area contributed by atoms with Crippen LogP contribution in [-0.2, 0) is 0 Å². The Morgan fingerprint density at radius 2 is 2.08 bits per heavy atom. The second kappa shape index (κ2) is 7.17. The fourth-order valence-corrected chi connectivity index (χ4v) is 3.76. The largest absolute Gasteiger partial charge is 0.490 e. The van der Waals surface area contributed by atoms with E-state index in [4.69, 9.17) is 4.74 Å². The lowest BCUT2D eigenvalue weighted by Crippen LogP contribution is -2.43. The summed E-state index contributed by atoms with van der Waals surface area (Å²) in [5.41, 5.74) is 0.315. The number of rotatable bonds is 4. The number of hydrogen-bond donors (Lipinski definition) is 1. The Labute approximate surface area is 141 Å². The highest BCUT2D eigenvalue weighted by Crippen LogP contribution is 2.30. The van der Waals surface area contributed by atoms with Crippen molar-refractivity contribution in [2.24, 2.45) is 5.92 Å². The molecule has 0 radical (unpaired) electrons. The third-order valence-electron chi connectivity index (χ3n) is 5.12. The number of benzene rings is 1. The highest BCUT2D eigenvalue weighted by molar-refractivity contribution is 5.95. The molecule has 1 aromatic carbocycles. The second-order valence-corrected chi connectivity index (χ2v) is 6.48. The zero-order chi connectivity index (χ0) is 17.1. The smallest absolute Gasteiger partial charge is 0.310 e. The molecular weight excluding hydrogens is 310 g/mol. The fourth-order valence-electron chi connectivity index (χ4n) is 3.76. The van der Waals surface area contributed by atoms with E-state index in [1.165, 1.54) is 38.2 Å². The SMILES string of the molecule is COc1cc(C(=O)N2CCC(C3CCCN3)CC2)ccc1[N+](=O)[O-]. The summed E-state index contributed by atoms with van der Waals surface area (Å²) in [4.78, 5) is 24.9. The Hall–Kier alpha value is -2.15. The van der Waals surface area contributed by atoms with Crippen molar-refractivity contribution in [3.05, 3.63) is 33.9 Å². The van der Waals surface area contributed by atoms with Gasteiger partial charge in [0.1, 0.15) is 0 Å². The standard InChI is InChI=1S/C17H23N3O4/c1-24-16-11-13(4-5-15(16)20(22)23)17(21)19-9-6-12(7-10-19)14-3-2-8-18-14/h4-5,11-12,14,18H,2-3,6-10H2,1H3. The van der Waals surface area contributed by atoms with E-state index >= 15 is 0 Å². The molecule has 7 nitrogen and oxygen atoms in total. The molecule has 2 heterocycles. The summed E-state index contributed by atoms with van der Waals surface area (Å²) in [7, 11) is 1.37. The summed E-state index contributed by atoms with van der Waals surface area (Å²) in [5, 5.41) is 14.5. The number of nitro benzene ring substituents is 1. The van der Waals surface area contributed by atoms with E-state index in [9.17, 15) is 14.9 Å². The van der Waals surface area contributed by atoms with Crippen LogP contribution in [0.4, 0.5) is 5.69 Å². The normalized spacial score (nSPS) is 21.7. The van der Waals surface area contributed by atoms with Gasteiger partial charge in [0.05, 0.1) is 12.0 Å². The van der Waals surface area contributed by atoms with Gasteiger partial charge in [-0.1, -0.05) is 0 Å². The number of nitrogens with zero attached hydrogens (tertiary/aromatic N) is 2. The summed E-state index contributed by atoms with van der Waals surface area (Å²) < 4.78 is 5.05. The molecule has 1 amide bonds. The third-order valence-corrected chi connectivity index (χ3v) is 5.12. The Morgan fingerprint density at radius 3 is 2.67 bits per heavy atom. The van der Waals surface area contributed by atoms with Crippen LogP contribution in [0.3, 0.4) is 0 Å². The van der Waals surface area contributed by atoms with Crippen molar-refractivity contribution >= 4 is 11.6 Å². The van der Waals surface area contributed by atoms with E-state index in [1.54, 1.807) is 0 Å². The minimum Gasteiger partial charge on any atom is -0.490 e. The number of methoxy groups -OCH3 is 1. The van der Waals surface area contributed by atoms with Crippen molar-refractivity contribution < 1.29 is 14.5 Å². The molecule has 1 aromatic rings. The number of carbonyl (C=O) groups is 1. The molecule has 0 bridgehead atoms. The summed E-state index contributed by atoms with van der Waals surface area (Å²) in [6.45, 7) is 2.58. The van der Waals surface area contributed by atoms with E-state index in [0.717, 1.165) is 32.5 Å². The second-order valence-electron chi connectivity index (χ2n) is 6.48. The number of piperidine rings is 1. The number of nitrogens with one attached hydrogen (secondary N) is 1. The van der Waals surface area contributed by atoms with Crippen molar-refractivity contribution in [2.75, 3.05) is 26.7 Å². The molecule has 2 aliphatic rings. The quantitative estimate of drug-likeness (QED) is 0.674. The lowest BCUT2D eigenvalue weighted by molar-refractivity contribution is -0.385. The van der Waals surface area contributed by atoms with Crippen LogP contribution in [0.2, 0.25) is 0 Å². The van der Waals surface area contributed by atoms with Crippen molar-refractivity contribution in [3.8, 4) is 5.75 Å². The Bertz CT molecular complexity index is 620. The number of nitro groups is 1. The molecule has 1 atom stereocenters. The molecule has 1 N–H and O–H groups in total. The van der Waals surface area contributed by atoms with Crippen molar-refractivity contribution in [2.45, 2.75) is 31.7 Å². The zero-order valence-corrected chi connectivity index (χ0v) is 13.9. The number of hydrogen-bond acceptors (Lipinski definition) is 5. The minimum atomic E-state index is -0.507. The highest BCUT2D eigenvalue weighted by Gasteiger charge is 2.30. The summed E-state index contributed by atoms with van der Waals surface area (Å²) in [5.74, 6) is 0.680. The number of carbonyl (C=O) groups excluding carboxylic acids is 1. The first kappa shape index (κ1) is 16.7. The Morgan fingerprint density at radius 1 is 1.33 bits per heavy atom. The van der Waals surface area contributed by atoms with Gasteiger partial charge < -0.3 is 15.0 Å². The molecular formula is C17H23N3O4. The zero-order valence-electron chi connectivity index (χ0n) is 13.9. The first-order valence-electron chi connectivity index (χ1n) is 8.45. The van der Waals surface area contributed by atoms with Gasteiger partial charge >= 0.3 is 5.69 Å². The average Bonchev–Trinajstić information content (AvgIpc) is 3.15. The van der Waals surface area contributed by atoms with Gasteiger partial charge in [0.15, 0.2) is 5.75 Å². The van der Waals surface area contributed by atoms with E-state index in [1.807, 2.05) is 4.90 Å². The highest BCUT2D eigenvalue weighted by atomic mass is 16.6. The van der Waals surface area contributed by atoms with Gasteiger partial charge in [-0.25, -0.2) is 0 Å². The lowest BCUT2D eigenvalue weighted by atomic mass is 9.88. The number of amides is 1. The number of ether oxygens (including phenoxy) is 1. The minimum absolute atomic E-state index is 0.0824. The van der Waals surface area contributed by atoms with Gasteiger partial charge in [-0.2, -0.15) is 0 Å². The maximum atomic E-state index is 12.7. The Balaban J connectivity index is 1.65. The van der Waals surface area contributed by atoms with Gasteiger partial charge in [0.2, 0.25) is 0 Å². The topological polar surface area (TPSA) is 84.7 Å². The first-order valence-corrected chi connectivity index (χ1v) is 8.45. The summed E-state index contributed by atoms with van der Waals surface area (Å²) >= 11 is 0. The van der Waals surface area contributed by atoms with E-state index in [-0.39, 0.29) is 17.3 Å². The molecule has 2 fully saturated rings. The van der Waals surface area contributed by atoms with Crippen LogP contribution in [0.25, 0.3) is 0 Å². The van der Waals surface area contributed by atoms with E-state index < -0.39 is 4.92 Å². The van der Waals surface area contributed by atoms with Crippen LogP contribution in [0.1, 0.15) is 36.0 Å². The summed E-state index contributed by atoms with van der Waals surface area (Å²) in [6.07, 6.45) is 4.49. The molecule has 24 heavy (non-hydrogen) atoms. The monoisotopic (exact) mass is 333 g/mol. The third kappa shape index (κ3) is 3.36. The van der Waals surface area contributed by atoms with Crippen LogP contribution in [0.15, 0.2) is 18.2 Å². The maximum Gasteiger partial charge on any atom is 0.310 e. The molecule has 130 valence electrons. The van der Waals surface area contributed by atoms with Crippen LogP contribution in [-0.4, -0.2) is 48.5 Å². The van der Waals surface area contributed by atoms with Crippen LogP contribution >= 0.6 is 0 Å². The van der Waals surface area contributed by atoms with E-state index in [0.29, 0.717) is 17.5 Å². The predicted molar refractivity (Wildman–Crippen MR) is 89.3 cm³/mol. The Kier molecular flexibility index (Phi) is 4.99. The van der Waals surface area contributed by atoms with Gasteiger partial charge in [-0.05, 0) is 44.2 Å². The molecule has 0 spiro atoms. The molecule has 3 rings (SSSR count). The van der Waals surface area contributed by atoms with Gasteiger partial charge in [-0.15, -0.1) is 0 Å². The molecule has 0 aliphatic carbocycles. The van der Waals surface area contributed by atoms with Crippen molar-refractivity contribution in [1.82, 2.24) is 10.2 Å². The van der Waals surface area contributed by atoms with Crippen LogP contribution < -0.4 is 10.1 Å². The maximum absolute atomic E-state index is 12.7. The van der Waals surface area contributed by atoms with Gasteiger partial charge in [-0.3, -0.25) is 14.9 Å². The molecule has 2 aliphatic heterocycles. The lowest BCUT2D eigenvalue weighted by Gasteiger charge is -2.35. The number of likely N-dealkylation sites (tertiary alicyclic amines) is 1. The van der Waals surface area contributed by atoms with Gasteiger partial charge in [0, 0.05) is 36.8 Å². The fraction of sp³-hybridized carbons (Fsp3) is 0.588. The predicted octanol–water partition coefficient (Wildman–Crippen LogP) is 2.21. The van der Waals surface area contributed by atoms with Crippen LogP contribution in [0.5, 0.6) is 5.75 Å². The van der Waals surface area contributed by atoms with Crippen molar-refractivity contribution in [3.63, 3.8) is 0 Å². The van der Waals surface area contributed by atoms with E-state index in [2.05, 4.69) is 5.32 Å². The molecule has 7 heteroatoms. The summed E-state index contributed by atoms with van der Waals surface area (Å²) in [6, 6.07) is 4.90. The van der Waals surface area contributed by atoms with Crippen molar-refractivity contribution in [1.29, 1.82) is 0 Å². The average molecular weight is 333 g/mol.